The van der Waals surface area contributed by atoms with Crippen molar-refractivity contribution in [2.24, 2.45) is 52.3 Å². The zero-order valence-electron chi connectivity index (χ0n) is 35.6. The molecule has 0 radical (unpaired) electrons. The van der Waals surface area contributed by atoms with Crippen LogP contribution in [0, 0.1) is 47.3 Å². The molecule has 0 aromatic heterocycles. The predicted molar refractivity (Wildman–Crippen MR) is 246 cm³/mol. The van der Waals surface area contributed by atoms with E-state index in [9.17, 15) is 0 Å². The number of aliphatic imine (C=N–C) groups is 1. The smallest absolute Gasteiger partial charge is 0.128 e. The van der Waals surface area contributed by atoms with Gasteiger partial charge in [-0.05, 0) is 177 Å². The molecule has 3 heteroatoms. The largest absolute Gasteiger partial charge is 0.485 e. The fraction of sp³-hybridized carbons (Fsp3) is 0.456. The van der Waals surface area contributed by atoms with Gasteiger partial charge in [-0.15, -0.1) is 0 Å². The first-order valence-corrected chi connectivity index (χ1v) is 24.1. The number of rotatable bonds is 5. The minimum Gasteiger partial charge on any atom is -0.485 e. The molecule has 12 aliphatic rings. The number of hydrogen-bond donors (Lipinski definition) is 0. The van der Waals surface area contributed by atoms with Gasteiger partial charge in [0.2, 0.25) is 0 Å². The first-order chi connectivity index (χ1) is 29.6. The van der Waals surface area contributed by atoms with Crippen LogP contribution in [-0.4, -0.2) is 29.3 Å². The Bertz CT molecular complexity index is 2350. The fourth-order valence-electron chi connectivity index (χ4n) is 13.8. The zero-order chi connectivity index (χ0) is 39.7. The third kappa shape index (κ3) is 6.39. The lowest BCUT2D eigenvalue weighted by molar-refractivity contribution is 0.175. The molecule has 0 aromatic carbocycles. The molecule has 0 amide bonds. The van der Waals surface area contributed by atoms with Crippen LogP contribution >= 0.6 is 0 Å². The van der Waals surface area contributed by atoms with Gasteiger partial charge in [-0.2, -0.15) is 0 Å². The highest BCUT2D eigenvalue weighted by Gasteiger charge is 2.45. The van der Waals surface area contributed by atoms with E-state index in [1.807, 2.05) is 6.20 Å². The highest BCUT2D eigenvalue weighted by Crippen LogP contribution is 2.54. The third-order valence-corrected chi connectivity index (χ3v) is 16.8. The maximum Gasteiger partial charge on any atom is 0.128 e. The van der Waals surface area contributed by atoms with Crippen LogP contribution in [0.1, 0.15) is 96.8 Å². The Labute approximate surface area is 359 Å². The standard InChI is InChI=1S/C57H62N2O/c1-36-46-24-21-38(31-51(46)47-16-6-5-14-40(47)33-50(36)41-23-26-57-53(34-41)49-18-8-10-20-56(49)60-57)39-22-25-55-52(32-39)48-17-7-9-19-54(48)59(55)45-29-43(37-12-3-2-4-13-37)28-44(30-45)42-15-11-27-58-35-42/h6-8,10-12,16-18,20-22,24,26-28,31-32,34-36,41-42,44-46,49-51,55-56H,2-5,9,13-15,19,23,25,29-30,33H2,1H3. The van der Waals surface area contributed by atoms with Crippen LogP contribution in [0.3, 0.4) is 0 Å². The number of fused-ring (bicyclic) bond motifs is 7. The van der Waals surface area contributed by atoms with Gasteiger partial charge in [-0.3, -0.25) is 4.99 Å². The maximum atomic E-state index is 6.43. The summed E-state index contributed by atoms with van der Waals surface area (Å²) in [5, 5.41) is 0. The Morgan fingerprint density at radius 2 is 1.65 bits per heavy atom. The van der Waals surface area contributed by atoms with E-state index in [1.165, 1.54) is 80.1 Å². The normalized spacial score (nSPS) is 38.5. The molecule has 1 saturated heterocycles. The first kappa shape index (κ1) is 37.2. The van der Waals surface area contributed by atoms with E-state index in [-0.39, 0.29) is 6.10 Å². The Morgan fingerprint density at radius 1 is 0.717 bits per heavy atom. The van der Waals surface area contributed by atoms with Crippen LogP contribution in [-0.2, 0) is 4.74 Å². The second-order valence-corrected chi connectivity index (χ2v) is 20.0. The Morgan fingerprint density at radius 3 is 2.57 bits per heavy atom. The van der Waals surface area contributed by atoms with E-state index in [0.29, 0.717) is 59.4 Å². The molecule has 0 aromatic rings. The van der Waals surface area contributed by atoms with Gasteiger partial charge in [0.05, 0.1) is 6.04 Å². The van der Waals surface area contributed by atoms with Gasteiger partial charge >= 0.3 is 0 Å². The average Bonchev–Trinajstić information content (AvgIpc) is 3.82. The molecule has 306 valence electrons. The summed E-state index contributed by atoms with van der Waals surface area (Å²) in [5.41, 5.74) is 15.7. The highest BCUT2D eigenvalue weighted by molar-refractivity contribution is 5.65. The van der Waals surface area contributed by atoms with Crippen LogP contribution in [0.2, 0.25) is 0 Å². The van der Waals surface area contributed by atoms with Gasteiger partial charge in [-0.1, -0.05) is 104 Å². The molecule has 11 unspecified atom stereocenters. The van der Waals surface area contributed by atoms with Crippen molar-refractivity contribution in [3.05, 3.63) is 177 Å². The van der Waals surface area contributed by atoms with E-state index in [2.05, 4.69) is 132 Å². The number of hydrogen-bond acceptors (Lipinski definition) is 3. The maximum absolute atomic E-state index is 6.43. The lowest BCUT2D eigenvalue weighted by Crippen LogP contribution is -2.44. The molecule has 12 rings (SSSR count). The van der Waals surface area contributed by atoms with Crippen LogP contribution in [0.15, 0.2) is 182 Å². The van der Waals surface area contributed by atoms with Gasteiger partial charge in [0.15, 0.2) is 0 Å². The molecular weight excluding hydrogens is 729 g/mol. The van der Waals surface area contributed by atoms with E-state index >= 15 is 0 Å². The van der Waals surface area contributed by atoms with Gasteiger partial charge in [0.25, 0.3) is 0 Å². The minimum atomic E-state index is 0.168. The summed E-state index contributed by atoms with van der Waals surface area (Å²) in [6.07, 6.45) is 65.9. The van der Waals surface area contributed by atoms with E-state index < -0.39 is 0 Å². The summed E-state index contributed by atoms with van der Waals surface area (Å²) in [6.45, 7) is 2.59. The molecule has 3 heterocycles. The SMILES string of the molecule is CC1C2C=CC(C3=CCC4C(=C3)C3=C(CCC=C3)N4C3CC(C4=CCCCC4)=CC(C4C=NC=CC4)C3)=CC2C2=C(CCC=C2)CC1C1C=C2C(=CC1)OC1C=CC=CC21. The van der Waals surface area contributed by atoms with Crippen molar-refractivity contribution in [2.75, 3.05) is 0 Å². The Balaban J connectivity index is 0.836. The van der Waals surface area contributed by atoms with Gasteiger partial charge in [-0.25, -0.2) is 0 Å². The monoisotopic (exact) mass is 790 g/mol. The fourth-order valence-corrected chi connectivity index (χ4v) is 13.8. The number of ether oxygens (including phenoxy) is 1. The minimum absolute atomic E-state index is 0.168. The van der Waals surface area contributed by atoms with Crippen LogP contribution in [0.4, 0.5) is 0 Å². The van der Waals surface area contributed by atoms with Crippen molar-refractivity contribution in [3.63, 3.8) is 0 Å². The second-order valence-electron chi connectivity index (χ2n) is 20.0. The summed E-state index contributed by atoms with van der Waals surface area (Å²) < 4.78 is 6.43. The lowest BCUT2D eigenvalue weighted by Gasteiger charge is -2.43. The molecule has 11 atom stereocenters. The molecule has 60 heavy (non-hydrogen) atoms. The van der Waals surface area contributed by atoms with Crippen molar-refractivity contribution in [3.8, 4) is 0 Å². The van der Waals surface area contributed by atoms with Crippen molar-refractivity contribution < 1.29 is 4.74 Å². The molecule has 0 saturated carbocycles. The molecule has 0 N–H and O–H groups in total. The Hall–Kier alpha value is -4.63. The molecule has 0 bridgehead atoms. The number of allylic oxidation sites excluding steroid dienone is 22. The lowest BCUT2D eigenvalue weighted by atomic mass is 9.67. The molecular formula is C57H62N2O. The summed E-state index contributed by atoms with van der Waals surface area (Å²) in [5.74, 6) is 5.26. The molecule has 3 aliphatic heterocycles. The average molecular weight is 791 g/mol. The molecule has 3 nitrogen and oxygen atoms in total. The zero-order valence-corrected chi connectivity index (χ0v) is 35.6. The Kier molecular flexibility index (Phi) is 9.52. The van der Waals surface area contributed by atoms with E-state index in [1.54, 1.807) is 33.6 Å². The van der Waals surface area contributed by atoms with Crippen LogP contribution < -0.4 is 0 Å². The quantitative estimate of drug-likeness (QED) is 0.277. The second kappa shape index (κ2) is 15.4. The van der Waals surface area contributed by atoms with Gasteiger partial charge < -0.3 is 9.64 Å². The van der Waals surface area contributed by atoms with Crippen LogP contribution in [0.5, 0.6) is 0 Å². The predicted octanol–water partition coefficient (Wildman–Crippen LogP) is 13.3. The first-order valence-electron chi connectivity index (χ1n) is 24.1. The van der Waals surface area contributed by atoms with Crippen molar-refractivity contribution >= 4 is 6.21 Å². The summed E-state index contributed by atoms with van der Waals surface area (Å²) in [7, 11) is 0. The topological polar surface area (TPSA) is 24.8 Å². The van der Waals surface area contributed by atoms with Crippen LogP contribution in [0.25, 0.3) is 0 Å². The summed E-state index contributed by atoms with van der Waals surface area (Å²) >= 11 is 0. The van der Waals surface area contributed by atoms with E-state index in [0.717, 1.165) is 37.9 Å². The van der Waals surface area contributed by atoms with Crippen molar-refractivity contribution in [1.82, 2.24) is 4.90 Å². The third-order valence-electron chi connectivity index (χ3n) is 16.8. The van der Waals surface area contributed by atoms with Gasteiger partial charge in [0.1, 0.15) is 11.9 Å². The van der Waals surface area contributed by atoms with Crippen molar-refractivity contribution in [2.45, 2.75) is 115 Å². The number of nitrogens with zero attached hydrogens (tertiary/aromatic N) is 2. The van der Waals surface area contributed by atoms with Crippen molar-refractivity contribution in [1.29, 1.82) is 0 Å². The van der Waals surface area contributed by atoms with Gasteiger partial charge in [0, 0.05) is 47.5 Å². The summed E-state index contributed by atoms with van der Waals surface area (Å²) in [6, 6.07) is 0.958. The summed E-state index contributed by atoms with van der Waals surface area (Å²) in [4.78, 5) is 7.62. The molecule has 9 aliphatic carbocycles. The molecule has 1 fully saturated rings. The van der Waals surface area contributed by atoms with E-state index in [4.69, 9.17) is 4.74 Å². The molecule has 0 spiro atoms. The highest BCUT2D eigenvalue weighted by atomic mass is 16.5.